The molecule has 9 heteroatoms. The summed E-state index contributed by atoms with van der Waals surface area (Å²) in [4.78, 5) is 21.4. The number of nitrogens with zero attached hydrogens (tertiary/aromatic N) is 3. The Hall–Kier alpha value is -4.11. The number of sulfonamides is 1. The van der Waals surface area contributed by atoms with E-state index >= 15 is 0 Å². The Morgan fingerprint density at radius 3 is 2.24 bits per heavy atom. The van der Waals surface area contributed by atoms with Crippen LogP contribution < -0.4 is 14.5 Å². The molecule has 1 fully saturated rings. The number of piperazine rings is 1. The van der Waals surface area contributed by atoms with E-state index in [0.29, 0.717) is 29.8 Å². The number of aromatic nitrogens is 1. The Bertz CT molecular complexity index is 1530. The van der Waals surface area contributed by atoms with Crippen LogP contribution in [0.15, 0.2) is 83.8 Å². The Labute approximate surface area is 216 Å². The predicted octanol–water partition coefficient (Wildman–Crippen LogP) is 4.62. The van der Waals surface area contributed by atoms with E-state index in [1.165, 1.54) is 6.07 Å². The fourth-order valence-corrected chi connectivity index (χ4v) is 5.61. The van der Waals surface area contributed by atoms with Gasteiger partial charge in [-0.3, -0.25) is 4.72 Å². The van der Waals surface area contributed by atoms with E-state index in [9.17, 15) is 18.3 Å². The number of anilines is 3. The van der Waals surface area contributed by atoms with Crippen molar-refractivity contribution in [3.05, 3.63) is 90.0 Å². The van der Waals surface area contributed by atoms with Gasteiger partial charge in [0, 0.05) is 42.9 Å². The molecule has 0 unspecified atom stereocenters. The van der Waals surface area contributed by atoms with Gasteiger partial charge in [-0.05, 0) is 60.5 Å². The fraction of sp³-hybridized carbons (Fsp3) is 0.214. The predicted molar refractivity (Wildman–Crippen MR) is 146 cm³/mol. The van der Waals surface area contributed by atoms with Gasteiger partial charge in [0.15, 0.2) is 0 Å². The van der Waals surface area contributed by atoms with E-state index < -0.39 is 16.0 Å². The van der Waals surface area contributed by atoms with Crippen molar-refractivity contribution in [2.24, 2.45) is 0 Å². The number of benzene rings is 3. The summed E-state index contributed by atoms with van der Waals surface area (Å²) in [6.07, 6.45) is 0.814. The van der Waals surface area contributed by atoms with Crippen LogP contribution in [-0.4, -0.2) is 50.7 Å². The molecule has 37 heavy (non-hydrogen) atoms. The molecule has 1 aromatic heterocycles. The molecule has 5 rings (SSSR count). The normalized spacial score (nSPS) is 14.1. The maximum Gasteiger partial charge on any atom is 0.336 e. The zero-order valence-electron chi connectivity index (χ0n) is 20.5. The minimum absolute atomic E-state index is 0.0823. The summed E-state index contributed by atoms with van der Waals surface area (Å²) in [5.41, 5.74) is 3.06. The van der Waals surface area contributed by atoms with Crippen molar-refractivity contribution in [2.75, 3.05) is 40.7 Å². The van der Waals surface area contributed by atoms with Crippen molar-refractivity contribution < 1.29 is 18.3 Å². The van der Waals surface area contributed by atoms with Gasteiger partial charge in [0.1, 0.15) is 5.82 Å². The van der Waals surface area contributed by atoms with Crippen LogP contribution in [0.1, 0.15) is 22.8 Å². The van der Waals surface area contributed by atoms with Crippen LogP contribution in [0.2, 0.25) is 0 Å². The summed E-state index contributed by atoms with van der Waals surface area (Å²) in [5, 5.41) is 10.3. The van der Waals surface area contributed by atoms with Crippen molar-refractivity contribution in [2.45, 2.75) is 18.2 Å². The number of aromatic carboxylic acids is 1. The van der Waals surface area contributed by atoms with Gasteiger partial charge in [-0.15, -0.1) is 0 Å². The smallest absolute Gasteiger partial charge is 0.336 e. The Balaban J connectivity index is 1.40. The molecule has 0 atom stereocenters. The lowest BCUT2D eigenvalue weighted by molar-refractivity contribution is 0.0699. The van der Waals surface area contributed by atoms with Crippen LogP contribution in [-0.2, 0) is 16.4 Å². The summed E-state index contributed by atoms with van der Waals surface area (Å²) in [5.74, 6) is -0.492. The molecule has 0 aliphatic carbocycles. The molecule has 0 saturated carbocycles. The molecule has 4 aromatic rings. The quantitative estimate of drug-likeness (QED) is 0.369. The number of hydrogen-bond acceptors (Lipinski definition) is 6. The zero-order chi connectivity index (χ0) is 26.0. The van der Waals surface area contributed by atoms with Gasteiger partial charge in [0.2, 0.25) is 0 Å². The van der Waals surface area contributed by atoms with E-state index in [4.69, 9.17) is 4.98 Å². The SMILES string of the molecule is CCc1ccc(S(=O)(=O)Nc2ccc3nc(N4CCN(c5ccccc5)CC4)cc(C(=O)O)c3c2)cc1. The standard InChI is InChI=1S/C28H28N4O4S/c1-2-20-8-11-23(12-9-20)37(35,36)30-21-10-13-26-24(18-21)25(28(33)34)19-27(29-26)32-16-14-31(15-17-32)22-6-4-3-5-7-22/h3-13,18-19,30H,2,14-17H2,1H3,(H,33,34). The third-order valence-corrected chi connectivity index (χ3v) is 8.04. The molecule has 1 saturated heterocycles. The van der Waals surface area contributed by atoms with Gasteiger partial charge < -0.3 is 14.9 Å². The number of para-hydroxylation sites is 1. The molecule has 0 bridgehead atoms. The largest absolute Gasteiger partial charge is 0.478 e. The van der Waals surface area contributed by atoms with Gasteiger partial charge in [0.25, 0.3) is 10.0 Å². The van der Waals surface area contributed by atoms with E-state index in [0.717, 1.165) is 30.8 Å². The van der Waals surface area contributed by atoms with Crippen LogP contribution in [0.3, 0.4) is 0 Å². The van der Waals surface area contributed by atoms with Crippen molar-refractivity contribution in [1.29, 1.82) is 0 Å². The van der Waals surface area contributed by atoms with Crippen molar-refractivity contribution >= 4 is 44.1 Å². The second kappa shape index (κ2) is 10.1. The third-order valence-electron chi connectivity index (χ3n) is 6.64. The van der Waals surface area contributed by atoms with Gasteiger partial charge in [-0.1, -0.05) is 37.3 Å². The number of hydrogen-bond donors (Lipinski definition) is 2. The highest BCUT2D eigenvalue weighted by atomic mass is 32.2. The third kappa shape index (κ3) is 5.22. The first-order chi connectivity index (χ1) is 17.8. The van der Waals surface area contributed by atoms with Crippen molar-refractivity contribution in [3.8, 4) is 0 Å². The number of nitrogens with one attached hydrogen (secondary N) is 1. The molecule has 190 valence electrons. The zero-order valence-corrected chi connectivity index (χ0v) is 21.3. The maximum absolute atomic E-state index is 12.9. The summed E-state index contributed by atoms with van der Waals surface area (Å²) >= 11 is 0. The topological polar surface area (TPSA) is 103 Å². The molecule has 8 nitrogen and oxygen atoms in total. The number of aryl methyl sites for hydroxylation is 1. The average molecular weight is 517 g/mol. The van der Waals surface area contributed by atoms with Crippen LogP contribution in [0.5, 0.6) is 0 Å². The van der Waals surface area contributed by atoms with E-state index in [2.05, 4.69) is 26.7 Å². The minimum Gasteiger partial charge on any atom is -0.478 e. The summed E-state index contributed by atoms with van der Waals surface area (Å²) in [6, 6.07) is 23.2. The number of carboxylic acids is 1. The Morgan fingerprint density at radius 2 is 1.59 bits per heavy atom. The number of pyridine rings is 1. The number of fused-ring (bicyclic) bond motifs is 1. The molecule has 1 aliphatic rings. The number of rotatable bonds is 7. The molecular formula is C28H28N4O4S. The van der Waals surface area contributed by atoms with Gasteiger partial charge in [0.05, 0.1) is 16.0 Å². The van der Waals surface area contributed by atoms with E-state index in [1.807, 2.05) is 25.1 Å². The minimum atomic E-state index is -3.82. The lowest BCUT2D eigenvalue weighted by Gasteiger charge is -2.37. The number of carboxylic acid groups (broad SMARTS) is 1. The van der Waals surface area contributed by atoms with Gasteiger partial charge in [-0.2, -0.15) is 0 Å². The Kier molecular flexibility index (Phi) is 6.71. The fourth-order valence-electron chi connectivity index (χ4n) is 4.57. The van der Waals surface area contributed by atoms with E-state index in [1.54, 1.807) is 42.5 Å². The second-order valence-corrected chi connectivity index (χ2v) is 10.7. The molecule has 0 radical (unpaired) electrons. The molecule has 1 aliphatic heterocycles. The van der Waals surface area contributed by atoms with Crippen LogP contribution in [0.25, 0.3) is 10.9 Å². The first kappa shape index (κ1) is 24.6. The molecule has 3 aromatic carbocycles. The highest BCUT2D eigenvalue weighted by Crippen LogP contribution is 2.28. The molecular weight excluding hydrogens is 488 g/mol. The van der Waals surface area contributed by atoms with Crippen molar-refractivity contribution in [1.82, 2.24) is 4.98 Å². The first-order valence-electron chi connectivity index (χ1n) is 12.2. The van der Waals surface area contributed by atoms with Crippen LogP contribution >= 0.6 is 0 Å². The lowest BCUT2D eigenvalue weighted by Crippen LogP contribution is -2.46. The maximum atomic E-state index is 12.9. The monoisotopic (exact) mass is 516 g/mol. The average Bonchev–Trinajstić information content (AvgIpc) is 2.93. The summed E-state index contributed by atoms with van der Waals surface area (Å²) in [6.45, 7) is 5.02. The Morgan fingerprint density at radius 1 is 0.919 bits per heavy atom. The highest BCUT2D eigenvalue weighted by molar-refractivity contribution is 7.92. The first-order valence-corrected chi connectivity index (χ1v) is 13.7. The number of carbonyl (C=O) groups is 1. The summed E-state index contributed by atoms with van der Waals surface area (Å²) < 4.78 is 28.3. The lowest BCUT2D eigenvalue weighted by atomic mass is 10.1. The molecule has 0 spiro atoms. The molecule has 2 heterocycles. The highest BCUT2D eigenvalue weighted by Gasteiger charge is 2.22. The van der Waals surface area contributed by atoms with E-state index in [-0.39, 0.29) is 16.1 Å². The molecule has 2 N–H and O–H groups in total. The van der Waals surface area contributed by atoms with Crippen LogP contribution in [0, 0.1) is 0 Å². The van der Waals surface area contributed by atoms with Gasteiger partial charge in [-0.25, -0.2) is 18.2 Å². The second-order valence-electron chi connectivity index (χ2n) is 8.98. The molecule has 0 amide bonds. The van der Waals surface area contributed by atoms with Gasteiger partial charge >= 0.3 is 5.97 Å². The summed E-state index contributed by atoms with van der Waals surface area (Å²) in [7, 11) is -3.82. The van der Waals surface area contributed by atoms with Crippen molar-refractivity contribution in [3.63, 3.8) is 0 Å². The van der Waals surface area contributed by atoms with Crippen LogP contribution in [0.4, 0.5) is 17.2 Å².